The van der Waals surface area contributed by atoms with Crippen LogP contribution in [0.5, 0.6) is 0 Å². The number of benzene rings is 2. The maximum atomic E-state index is 12.3. The van der Waals surface area contributed by atoms with Gasteiger partial charge in [0.15, 0.2) is 0 Å². The van der Waals surface area contributed by atoms with Crippen molar-refractivity contribution in [1.82, 2.24) is 10.2 Å². The topological polar surface area (TPSA) is 113 Å². The number of carboxylic acid groups (broad SMARTS) is 1. The van der Waals surface area contributed by atoms with Crippen LogP contribution >= 0.6 is 0 Å². The van der Waals surface area contributed by atoms with Crippen LogP contribution in [0, 0.1) is 0 Å². The lowest BCUT2D eigenvalue weighted by Gasteiger charge is -2.17. The second kappa shape index (κ2) is 9.01. The molecule has 0 saturated heterocycles. The fourth-order valence-corrected chi connectivity index (χ4v) is 3.06. The number of nitrogens with one attached hydrogen (secondary N) is 1. The molecule has 29 heavy (non-hydrogen) atoms. The number of nitrogens with zero attached hydrogens (tertiary/aromatic N) is 1. The van der Waals surface area contributed by atoms with Gasteiger partial charge in [0.1, 0.15) is 12.6 Å². The van der Waals surface area contributed by atoms with Crippen LogP contribution in [0.4, 0.5) is 4.79 Å². The van der Waals surface area contributed by atoms with Gasteiger partial charge in [0, 0.05) is 6.54 Å². The fraction of sp³-hybridized carbons (Fsp3) is 0.238. The number of carbonyl (C=O) groups excluding carboxylic acids is 3. The molecular formula is C21H20N2O6. The number of hydrogen-bond donors (Lipinski definition) is 2. The molecule has 2 N–H and O–H groups in total. The van der Waals surface area contributed by atoms with Crippen molar-refractivity contribution in [2.45, 2.75) is 25.5 Å². The number of carbonyl (C=O) groups is 4. The van der Waals surface area contributed by atoms with Gasteiger partial charge in [-0.2, -0.15) is 0 Å². The summed E-state index contributed by atoms with van der Waals surface area (Å²) in [5.41, 5.74) is 1.46. The number of fused-ring (bicyclic) bond motifs is 1. The third-order valence-corrected chi connectivity index (χ3v) is 4.56. The number of amides is 3. The van der Waals surface area contributed by atoms with E-state index >= 15 is 0 Å². The Hall–Kier alpha value is -3.68. The third-order valence-electron chi connectivity index (χ3n) is 4.56. The van der Waals surface area contributed by atoms with E-state index in [4.69, 9.17) is 4.74 Å². The molecule has 2 aromatic rings. The molecule has 0 aromatic heterocycles. The molecule has 0 aliphatic carbocycles. The highest BCUT2D eigenvalue weighted by molar-refractivity contribution is 6.21. The first-order valence-electron chi connectivity index (χ1n) is 9.12. The van der Waals surface area contributed by atoms with E-state index in [9.17, 15) is 24.3 Å². The second-order valence-corrected chi connectivity index (χ2v) is 6.55. The smallest absolute Gasteiger partial charge is 0.408 e. The van der Waals surface area contributed by atoms with E-state index < -0.39 is 29.9 Å². The Bertz CT molecular complexity index is 893. The van der Waals surface area contributed by atoms with E-state index in [1.54, 1.807) is 48.5 Å². The lowest BCUT2D eigenvalue weighted by Crippen LogP contribution is -2.41. The van der Waals surface area contributed by atoms with Crippen LogP contribution in [0.2, 0.25) is 0 Å². The largest absolute Gasteiger partial charge is 0.480 e. The van der Waals surface area contributed by atoms with Crippen molar-refractivity contribution in [3.05, 3.63) is 71.3 Å². The molecule has 0 unspecified atom stereocenters. The number of aliphatic carboxylic acids is 1. The van der Waals surface area contributed by atoms with Crippen molar-refractivity contribution in [2.24, 2.45) is 0 Å². The van der Waals surface area contributed by atoms with E-state index in [2.05, 4.69) is 5.32 Å². The number of ether oxygens (including phenoxy) is 1. The highest BCUT2D eigenvalue weighted by Gasteiger charge is 2.34. The van der Waals surface area contributed by atoms with Gasteiger partial charge in [-0.3, -0.25) is 14.5 Å². The summed E-state index contributed by atoms with van der Waals surface area (Å²) in [6.07, 6.45) is -0.577. The van der Waals surface area contributed by atoms with Gasteiger partial charge in [-0.15, -0.1) is 0 Å². The molecule has 150 valence electrons. The highest BCUT2D eigenvalue weighted by atomic mass is 16.5. The molecule has 1 atom stereocenters. The van der Waals surface area contributed by atoms with Crippen LogP contribution in [-0.2, 0) is 16.1 Å². The van der Waals surface area contributed by atoms with Crippen LogP contribution in [0.15, 0.2) is 54.6 Å². The molecule has 3 amide bonds. The fourth-order valence-electron chi connectivity index (χ4n) is 3.06. The molecule has 8 heteroatoms. The van der Waals surface area contributed by atoms with Gasteiger partial charge in [-0.1, -0.05) is 42.5 Å². The van der Waals surface area contributed by atoms with Gasteiger partial charge < -0.3 is 15.2 Å². The molecule has 0 spiro atoms. The van der Waals surface area contributed by atoms with Crippen LogP contribution in [0.3, 0.4) is 0 Å². The van der Waals surface area contributed by atoms with E-state index in [-0.39, 0.29) is 26.0 Å². The zero-order valence-corrected chi connectivity index (χ0v) is 15.5. The second-order valence-electron chi connectivity index (χ2n) is 6.55. The standard InChI is InChI=1S/C21H20N2O6/c24-18-15-9-4-5-10-16(15)19(25)23(18)12-6-11-17(20(26)27)22-21(28)29-13-14-7-2-1-3-8-14/h1-5,7-10,17H,6,11-13H2,(H,22,28)(H,26,27)/t17-/m0/s1. The van der Waals surface area contributed by atoms with Gasteiger partial charge in [0.2, 0.25) is 0 Å². The minimum atomic E-state index is -1.22. The van der Waals surface area contributed by atoms with Gasteiger partial charge in [-0.05, 0) is 30.5 Å². The van der Waals surface area contributed by atoms with Crippen molar-refractivity contribution >= 4 is 23.9 Å². The number of hydrogen-bond acceptors (Lipinski definition) is 5. The monoisotopic (exact) mass is 396 g/mol. The summed E-state index contributed by atoms with van der Waals surface area (Å²) in [4.78, 5) is 49.0. The SMILES string of the molecule is O=C(N[C@@H](CCCN1C(=O)c2ccccc2C1=O)C(=O)O)OCc1ccccc1. The number of alkyl carbamates (subject to hydrolysis) is 1. The summed E-state index contributed by atoms with van der Waals surface area (Å²) in [5.74, 6) is -2.01. The van der Waals surface area contributed by atoms with Crippen molar-refractivity contribution < 1.29 is 29.0 Å². The van der Waals surface area contributed by atoms with Crippen molar-refractivity contribution in [3.63, 3.8) is 0 Å². The zero-order valence-electron chi connectivity index (χ0n) is 15.5. The predicted molar refractivity (Wildman–Crippen MR) is 102 cm³/mol. The molecule has 8 nitrogen and oxygen atoms in total. The van der Waals surface area contributed by atoms with Crippen LogP contribution in [0.1, 0.15) is 39.1 Å². The van der Waals surface area contributed by atoms with E-state index in [0.717, 1.165) is 10.5 Å². The first kappa shape index (κ1) is 20.1. The number of rotatable bonds is 8. The zero-order chi connectivity index (χ0) is 20.8. The molecule has 3 rings (SSSR count). The Labute approximate surface area is 167 Å². The Balaban J connectivity index is 1.49. The summed E-state index contributed by atoms with van der Waals surface area (Å²) in [6.45, 7) is 0.0882. The average Bonchev–Trinajstić information content (AvgIpc) is 2.97. The lowest BCUT2D eigenvalue weighted by molar-refractivity contribution is -0.139. The Morgan fingerprint density at radius 2 is 1.55 bits per heavy atom. The average molecular weight is 396 g/mol. The van der Waals surface area contributed by atoms with Gasteiger partial charge in [-0.25, -0.2) is 9.59 Å². The molecule has 0 radical (unpaired) electrons. The quantitative estimate of drug-likeness (QED) is 0.663. The minimum absolute atomic E-state index is 0.0219. The predicted octanol–water partition coefficient (Wildman–Crippen LogP) is 2.44. The minimum Gasteiger partial charge on any atom is -0.480 e. The summed E-state index contributed by atoms with van der Waals surface area (Å²) in [6, 6.07) is 14.3. The molecule has 1 aliphatic rings. The Morgan fingerprint density at radius 3 is 2.14 bits per heavy atom. The van der Waals surface area contributed by atoms with Crippen LogP contribution < -0.4 is 5.32 Å². The molecule has 0 saturated carbocycles. The maximum absolute atomic E-state index is 12.3. The summed E-state index contributed by atoms with van der Waals surface area (Å²) < 4.78 is 5.03. The molecule has 1 aliphatic heterocycles. The normalized spacial score (nSPS) is 13.7. The van der Waals surface area contributed by atoms with E-state index in [1.165, 1.54) is 0 Å². The van der Waals surface area contributed by atoms with Crippen molar-refractivity contribution in [1.29, 1.82) is 0 Å². The first-order valence-corrected chi connectivity index (χ1v) is 9.12. The van der Waals surface area contributed by atoms with Crippen LogP contribution in [-0.4, -0.2) is 46.5 Å². The summed E-state index contributed by atoms with van der Waals surface area (Å²) >= 11 is 0. The van der Waals surface area contributed by atoms with Gasteiger partial charge in [0.05, 0.1) is 11.1 Å². The van der Waals surface area contributed by atoms with Crippen molar-refractivity contribution in [3.8, 4) is 0 Å². The highest BCUT2D eigenvalue weighted by Crippen LogP contribution is 2.22. The van der Waals surface area contributed by atoms with Crippen LogP contribution in [0.25, 0.3) is 0 Å². The van der Waals surface area contributed by atoms with Crippen molar-refractivity contribution in [2.75, 3.05) is 6.54 Å². The van der Waals surface area contributed by atoms with E-state index in [1.807, 2.05) is 6.07 Å². The number of carboxylic acids is 1. The Morgan fingerprint density at radius 1 is 0.966 bits per heavy atom. The van der Waals surface area contributed by atoms with Gasteiger partial charge >= 0.3 is 12.1 Å². The van der Waals surface area contributed by atoms with Gasteiger partial charge in [0.25, 0.3) is 11.8 Å². The maximum Gasteiger partial charge on any atom is 0.408 e. The third kappa shape index (κ3) is 4.78. The summed E-state index contributed by atoms with van der Waals surface area (Å²) in [7, 11) is 0. The molecule has 1 heterocycles. The Kier molecular flexibility index (Phi) is 6.23. The number of imide groups is 1. The molecular weight excluding hydrogens is 376 g/mol. The molecule has 0 fully saturated rings. The first-order chi connectivity index (χ1) is 14.0. The lowest BCUT2D eigenvalue weighted by atomic mass is 10.1. The summed E-state index contributed by atoms with van der Waals surface area (Å²) in [5, 5.41) is 11.6. The molecule has 2 aromatic carbocycles. The molecule has 0 bridgehead atoms. The van der Waals surface area contributed by atoms with E-state index in [0.29, 0.717) is 11.1 Å².